The summed E-state index contributed by atoms with van der Waals surface area (Å²) in [5, 5.41) is 3.70. The first-order valence-electron chi connectivity index (χ1n) is 9.81. The van der Waals surface area contributed by atoms with Crippen molar-refractivity contribution in [1.82, 2.24) is 5.32 Å². The quantitative estimate of drug-likeness (QED) is 0.369. The maximum absolute atomic E-state index is 6.95. The van der Waals surface area contributed by atoms with Crippen LogP contribution in [0.15, 0.2) is 43.0 Å². The smallest absolute Gasteiger partial charge is 0.200 e. The Morgan fingerprint density at radius 2 is 1.48 bits per heavy atom. The van der Waals surface area contributed by atoms with Gasteiger partial charge in [-0.1, -0.05) is 78.0 Å². The van der Waals surface area contributed by atoms with E-state index in [1.165, 1.54) is 5.56 Å². The Morgan fingerprint density at radius 1 is 0.960 bits per heavy atom. The Morgan fingerprint density at radius 3 is 1.92 bits per heavy atom. The van der Waals surface area contributed by atoms with Crippen LogP contribution < -0.4 is 5.32 Å². The molecule has 0 fully saturated rings. The van der Waals surface area contributed by atoms with Crippen molar-refractivity contribution in [2.75, 3.05) is 0 Å². The van der Waals surface area contributed by atoms with Crippen LogP contribution in [0.25, 0.3) is 0 Å². The average molecular weight is 362 g/mol. The van der Waals surface area contributed by atoms with E-state index in [-0.39, 0.29) is 6.10 Å². The molecule has 0 saturated carbocycles. The summed E-state index contributed by atoms with van der Waals surface area (Å²) in [6.45, 7) is 21.1. The number of rotatable bonds is 11. The third kappa shape index (κ3) is 5.80. The number of hydrogen-bond acceptors (Lipinski definition) is 2. The second-order valence-corrected chi connectivity index (χ2v) is 13.5. The Kier molecular flexibility index (Phi) is 9.12. The lowest BCUT2D eigenvalue weighted by molar-refractivity contribution is 0.146. The van der Waals surface area contributed by atoms with Gasteiger partial charge in [0.1, 0.15) is 0 Å². The van der Waals surface area contributed by atoms with Gasteiger partial charge in [-0.25, -0.2) is 0 Å². The molecule has 0 amide bonds. The molecule has 1 N–H and O–H groups in total. The Labute approximate surface area is 157 Å². The molecule has 0 bridgehead atoms. The maximum Gasteiger partial charge on any atom is 0.200 e. The van der Waals surface area contributed by atoms with Crippen molar-refractivity contribution in [2.45, 2.75) is 90.2 Å². The molecule has 2 atom stereocenters. The van der Waals surface area contributed by atoms with E-state index in [1.54, 1.807) is 0 Å². The van der Waals surface area contributed by atoms with Gasteiger partial charge in [0.15, 0.2) is 0 Å². The molecule has 1 aromatic rings. The second-order valence-electron chi connectivity index (χ2n) is 8.14. The van der Waals surface area contributed by atoms with Crippen molar-refractivity contribution >= 4 is 8.32 Å². The minimum atomic E-state index is -1.87. The van der Waals surface area contributed by atoms with Crippen molar-refractivity contribution in [2.24, 2.45) is 0 Å². The Balaban J connectivity index is 2.89. The van der Waals surface area contributed by atoms with Crippen LogP contribution in [0.3, 0.4) is 0 Å². The molecule has 1 rings (SSSR count). The summed E-state index contributed by atoms with van der Waals surface area (Å²) in [7, 11) is -1.87. The van der Waals surface area contributed by atoms with Gasteiger partial charge in [0.05, 0.1) is 6.10 Å². The summed E-state index contributed by atoms with van der Waals surface area (Å²) in [6, 6.07) is 10.9. The van der Waals surface area contributed by atoms with Gasteiger partial charge in [-0.2, -0.15) is 0 Å². The zero-order valence-electron chi connectivity index (χ0n) is 17.4. The minimum absolute atomic E-state index is 0.181. The Hall–Kier alpha value is -0.903. The topological polar surface area (TPSA) is 21.3 Å². The lowest BCUT2D eigenvalue weighted by Gasteiger charge is -2.45. The molecule has 1 aromatic carbocycles. The van der Waals surface area contributed by atoms with E-state index in [1.807, 2.05) is 6.08 Å². The number of nitrogens with one attached hydrogen (secondary N) is 1. The first-order chi connectivity index (χ1) is 11.8. The SMILES string of the molecule is C=CC[C@@H](NCc1ccccc1)[C@H](C)O[Si](C(C)C)(C(C)C)C(C)C. The van der Waals surface area contributed by atoms with Gasteiger partial charge < -0.3 is 9.74 Å². The monoisotopic (exact) mass is 361 g/mol. The second kappa shape index (κ2) is 10.3. The van der Waals surface area contributed by atoms with Crippen LogP contribution >= 0.6 is 0 Å². The van der Waals surface area contributed by atoms with E-state index in [0.29, 0.717) is 22.7 Å². The van der Waals surface area contributed by atoms with Crippen LogP contribution in [0.2, 0.25) is 16.6 Å². The van der Waals surface area contributed by atoms with Gasteiger partial charge in [-0.15, -0.1) is 6.58 Å². The molecule has 25 heavy (non-hydrogen) atoms. The predicted molar refractivity (Wildman–Crippen MR) is 113 cm³/mol. The lowest BCUT2D eigenvalue weighted by Crippen LogP contribution is -2.53. The van der Waals surface area contributed by atoms with Crippen LogP contribution in [0.5, 0.6) is 0 Å². The van der Waals surface area contributed by atoms with Crippen molar-refractivity contribution < 1.29 is 4.43 Å². The normalized spacial score (nSPS) is 15.0. The van der Waals surface area contributed by atoms with E-state index in [2.05, 4.69) is 90.7 Å². The van der Waals surface area contributed by atoms with E-state index >= 15 is 0 Å². The summed E-state index contributed by atoms with van der Waals surface area (Å²) in [5.41, 5.74) is 3.12. The first-order valence-corrected chi connectivity index (χ1v) is 12.0. The van der Waals surface area contributed by atoms with Crippen LogP contribution in [0.1, 0.15) is 60.5 Å². The lowest BCUT2D eigenvalue weighted by atomic mass is 10.1. The highest BCUT2D eigenvalue weighted by molar-refractivity contribution is 6.77. The molecule has 0 saturated heterocycles. The molecule has 0 spiro atoms. The molecule has 0 heterocycles. The number of benzene rings is 1. The Bertz CT molecular complexity index is 476. The molecule has 3 heteroatoms. The summed E-state index contributed by atoms with van der Waals surface area (Å²) >= 11 is 0. The summed E-state index contributed by atoms with van der Waals surface area (Å²) in [6.07, 6.45) is 3.11. The molecule has 0 aliphatic carbocycles. The van der Waals surface area contributed by atoms with E-state index in [0.717, 1.165) is 13.0 Å². The molecule has 0 unspecified atom stereocenters. The van der Waals surface area contributed by atoms with Gasteiger partial charge in [0, 0.05) is 12.6 Å². The molecule has 0 aromatic heterocycles. The summed E-state index contributed by atoms with van der Waals surface area (Å²) in [4.78, 5) is 0. The van der Waals surface area contributed by atoms with Crippen LogP contribution in [-0.4, -0.2) is 20.5 Å². The molecular formula is C22H39NOSi. The van der Waals surface area contributed by atoms with Crippen molar-refractivity contribution in [3.8, 4) is 0 Å². The molecule has 142 valence electrons. The van der Waals surface area contributed by atoms with Crippen LogP contribution in [0, 0.1) is 0 Å². The van der Waals surface area contributed by atoms with E-state index in [4.69, 9.17) is 4.43 Å². The zero-order valence-corrected chi connectivity index (χ0v) is 18.4. The highest BCUT2D eigenvalue weighted by Gasteiger charge is 2.46. The molecule has 2 nitrogen and oxygen atoms in total. The highest BCUT2D eigenvalue weighted by Crippen LogP contribution is 2.43. The fraction of sp³-hybridized carbons (Fsp3) is 0.636. The summed E-state index contributed by atoms with van der Waals surface area (Å²) in [5.74, 6) is 0. The fourth-order valence-electron chi connectivity index (χ4n) is 4.28. The maximum atomic E-state index is 6.95. The zero-order chi connectivity index (χ0) is 19.0. The highest BCUT2D eigenvalue weighted by atomic mass is 28.4. The molecule has 0 aliphatic heterocycles. The molecule has 0 radical (unpaired) electrons. The van der Waals surface area contributed by atoms with E-state index < -0.39 is 8.32 Å². The predicted octanol–water partition coefficient (Wildman–Crippen LogP) is 6.30. The van der Waals surface area contributed by atoms with Gasteiger partial charge in [-0.05, 0) is 35.5 Å². The average Bonchev–Trinajstić information content (AvgIpc) is 2.56. The first kappa shape index (κ1) is 22.1. The summed E-state index contributed by atoms with van der Waals surface area (Å²) < 4.78 is 6.95. The third-order valence-corrected chi connectivity index (χ3v) is 11.7. The van der Waals surface area contributed by atoms with Gasteiger partial charge in [-0.3, -0.25) is 0 Å². The minimum Gasteiger partial charge on any atom is -0.412 e. The van der Waals surface area contributed by atoms with Crippen LogP contribution in [-0.2, 0) is 11.0 Å². The number of hydrogen-bond donors (Lipinski definition) is 1. The van der Waals surface area contributed by atoms with Gasteiger partial charge >= 0.3 is 0 Å². The van der Waals surface area contributed by atoms with Crippen molar-refractivity contribution in [3.05, 3.63) is 48.6 Å². The van der Waals surface area contributed by atoms with Gasteiger partial charge in [0.25, 0.3) is 0 Å². The standard InChI is InChI=1S/C22H39NOSi/c1-9-13-22(23-16-21-14-11-10-12-15-21)20(8)24-25(17(2)3,18(4)5)19(6)7/h9-12,14-15,17-20,22-23H,1,13,16H2,2-8H3/t20-,22+/m0/s1. The fourth-order valence-corrected chi connectivity index (χ4v) is 9.90. The largest absolute Gasteiger partial charge is 0.412 e. The van der Waals surface area contributed by atoms with Crippen LogP contribution in [0.4, 0.5) is 0 Å². The molecule has 0 aliphatic rings. The van der Waals surface area contributed by atoms with Crippen molar-refractivity contribution in [3.63, 3.8) is 0 Å². The van der Waals surface area contributed by atoms with Crippen molar-refractivity contribution in [1.29, 1.82) is 0 Å². The third-order valence-electron chi connectivity index (χ3n) is 5.50. The van der Waals surface area contributed by atoms with Gasteiger partial charge in [0.2, 0.25) is 8.32 Å². The molecular weight excluding hydrogens is 322 g/mol. The van der Waals surface area contributed by atoms with E-state index in [9.17, 15) is 0 Å².